The quantitative estimate of drug-likeness (QED) is 0.923. The van der Waals surface area contributed by atoms with Crippen molar-refractivity contribution >= 4 is 17.6 Å². The number of para-hydroxylation sites is 1. The van der Waals surface area contributed by atoms with Gasteiger partial charge in [-0.2, -0.15) is 0 Å². The summed E-state index contributed by atoms with van der Waals surface area (Å²) in [4.78, 5) is 22.6. The smallest absolute Gasteiger partial charge is 0.374 e. The second kappa shape index (κ2) is 4.93. The molecule has 1 saturated heterocycles. The summed E-state index contributed by atoms with van der Waals surface area (Å²) in [5.41, 5.74) is 1.93. The molecule has 1 N–H and O–H groups in total. The number of aromatic carboxylic acids is 1. The molecule has 7 nitrogen and oxygen atoms in total. The summed E-state index contributed by atoms with van der Waals surface area (Å²) in [6, 6.07) is 8.73. The molecule has 1 amide bonds. The van der Waals surface area contributed by atoms with Crippen LogP contribution in [0.3, 0.4) is 0 Å². The monoisotopic (exact) mass is 287 g/mol. The number of carbonyl (C=O) groups excluding carboxylic acids is 1. The molecule has 2 aromatic rings. The maximum Gasteiger partial charge on any atom is 0.374 e. The van der Waals surface area contributed by atoms with Gasteiger partial charge < -0.3 is 9.63 Å². The summed E-state index contributed by atoms with van der Waals surface area (Å²) in [5, 5.41) is 16.1. The molecule has 108 valence electrons. The predicted octanol–water partition coefficient (Wildman–Crippen LogP) is 1.62. The van der Waals surface area contributed by atoms with Gasteiger partial charge in [0, 0.05) is 31.6 Å². The van der Waals surface area contributed by atoms with E-state index in [1.807, 2.05) is 29.3 Å². The van der Waals surface area contributed by atoms with Crippen LogP contribution in [0.5, 0.6) is 0 Å². The van der Waals surface area contributed by atoms with Crippen LogP contribution in [0.4, 0.5) is 5.69 Å². The molecule has 0 bridgehead atoms. The number of amides is 1. The van der Waals surface area contributed by atoms with E-state index in [4.69, 9.17) is 9.63 Å². The van der Waals surface area contributed by atoms with E-state index in [-0.39, 0.29) is 11.7 Å². The fraction of sp³-hybridized carbons (Fsp3) is 0.214. The van der Waals surface area contributed by atoms with Crippen LogP contribution in [-0.2, 0) is 4.79 Å². The Balaban J connectivity index is 2.03. The lowest BCUT2D eigenvalue weighted by Crippen LogP contribution is -2.35. The van der Waals surface area contributed by atoms with Crippen molar-refractivity contribution in [3.63, 3.8) is 0 Å². The Kier molecular flexibility index (Phi) is 3.09. The number of hydrogen-bond acceptors (Lipinski definition) is 5. The average Bonchev–Trinajstić information content (AvgIpc) is 3.08. The molecule has 0 saturated carbocycles. The minimum absolute atomic E-state index is 0.0381. The van der Waals surface area contributed by atoms with E-state index in [2.05, 4.69) is 5.16 Å². The first kappa shape index (κ1) is 13.2. The SMILES string of the molecule is CN1C(=O)CCN1c1ccccc1-c1cc(C(=O)O)on1. The summed E-state index contributed by atoms with van der Waals surface area (Å²) in [5.74, 6) is -1.35. The summed E-state index contributed by atoms with van der Waals surface area (Å²) in [6.07, 6.45) is 0.448. The topological polar surface area (TPSA) is 86.9 Å². The molecule has 7 heteroatoms. The molecule has 3 rings (SSSR count). The Morgan fingerprint density at radius 2 is 2.14 bits per heavy atom. The first-order valence-corrected chi connectivity index (χ1v) is 6.41. The largest absolute Gasteiger partial charge is 0.475 e. The lowest BCUT2D eigenvalue weighted by Gasteiger charge is -2.27. The number of anilines is 1. The van der Waals surface area contributed by atoms with Gasteiger partial charge in [-0.1, -0.05) is 23.4 Å². The molecule has 21 heavy (non-hydrogen) atoms. The predicted molar refractivity (Wildman–Crippen MR) is 73.6 cm³/mol. The second-order valence-corrected chi connectivity index (χ2v) is 4.69. The van der Waals surface area contributed by atoms with E-state index in [0.29, 0.717) is 18.7 Å². The van der Waals surface area contributed by atoms with E-state index in [0.717, 1.165) is 11.3 Å². The molecule has 1 aromatic carbocycles. The molecule has 1 aromatic heterocycles. The molecule has 0 unspecified atom stereocenters. The Labute approximate surface area is 120 Å². The van der Waals surface area contributed by atoms with Gasteiger partial charge in [0.25, 0.3) is 0 Å². The fourth-order valence-corrected chi connectivity index (χ4v) is 2.35. The Bertz CT molecular complexity index is 710. The summed E-state index contributed by atoms with van der Waals surface area (Å²) >= 11 is 0. The number of benzene rings is 1. The maximum atomic E-state index is 11.7. The van der Waals surface area contributed by atoms with E-state index in [1.165, 1.54) is 6.07 Å². The highest BCUT2D eigenvalue weighted by molar-refractivity contribution is 5.88. The van der Waals surface area contributed by atoms with Gasteiger partial charge in [0.2, 0.25) is 11.7 Å². The van der Waals surface area contributed by atoms with Crippen LogP contribution < -0.4 is 5.01 Å². The van der Waals surface area contributed by atoms with Gasteiger partial charge in [-0.3, -0.25) is 14.8 Å². The molecular weight excluding hydrogens is 274 g/mol. The van der Waals surface area contributed by atoms with Crippen LogP contribution >= 0.6 is 0 Å². The van der Waals surface area contributed by atoms with Crippen LogP contribution in [0.1, 0.15) is 17.0 Å². The van der Waals surface area contributed by atoms with Gasteiger partial charge in [0.05, 0.1) is 5.69 Å². The first-order chi connectivity index (χ1) is 10.1. The minimum Gasteiger partial charge on any atom is -0.475 e. The van der Waals surface area contributed by atoms with Gasteiger partial charge in [-0.05, 0) is 6.07 Å². The highest BCUT2D eigenvalue weighted by Crippen LogP contribution is 2.32. The molecule has 1 fully saturated rings. The van der Waals surface area contributed by atoms with Crippen molar-refractivity contribution in [1.82, 2.24) is 10.2 Å². The summed E-state index contributed by atoms with van der Waals surface area (Å²) < 4.78 is 4.80. The van der Waals surface area contributed by atoms with Crippen molar-refractivity contribution in [2.24, 2.45) is 0 Å². The van der Waals surface area contributed by atoms with Crippen molar-refractivity contribution in [2.75, 3.05) is 18.6 Å². The summed E-state index contributed by atoms with van der Waals surface area (Å²) in [7, 11) is 1.71. The number of aromatic nitrogens is 1. The number of carboxylic acids is 1. The van der Waals surface area contributed by atoms with Crippen molar-refractivity contribution in [3.8, 4) is 11.3 Å². The summed E-state index contributed by atoms with van der Waals surface area (Å²) in [6.45, 7) is 0.579. The molecule has 0 atom stereocenters. The number of hydrogen-bond donors (Lipinski definition) is 1. The third kappa shape index (κ3) is 2.22. The molecule has 2 heterocycles. The van der Waals surface area contributed by atoms with Gasteiger partial charge in [0.15, 0.2) is 0 Å². The molecule has 0 aliphatic carbocycles. The minimum atomic E-state index is -1.17. The van der Waals surface area contributed by atoms with Crippen molar-refractivity contribution in [2.45, 2.75) is 6.42 Å². The molecule has 0 radical (unpaired) electrons. The van der Waals surface area contributed by atoms with E-state index in [1.54, 1.807) is 12.1 Å². The third-order valence-electron chi connectivity index (χ3n) is 3.44. The highest BCUT2D eigenvalue weighted by atomic mass is 16.5. The maximum absolute atomic E-state index is 11.7. The zero-order chi connectivity index (χ0) is 15.0. The van der Waals surface area contributed by atoms with Crippen LogP contribution in [-0.4, -0.2) is 40.7 Å². The van der Waals surface area contributed by atoms with Crippen molar-refractivity contribution < 1.29 is 19.2 Å². The van der Waals surface area contributed by atoms with E-state index in [9.17, 15) is 9.59 Å². The molecule has 1 aliphatic rings. The van der Waals surface area contributed by atoms with Gasteiger partial charge in [-0.25, -0.2) is 4.79 Å². The van der Waals surface area contributed by atoms with E-state index < -0.39 is 5.97 Å². The zero-order valence-corrected chi connectivity index (χ0v) is 11.3. The normalized spacial score (nSPS) is 14.8. The second-order valence-electron chi connectivity index (χ2n) is 4.69. The number of carboxylic acid groups (broad SMARTS) is 1. The zero-order valence-electron chi connectivity index (χ0n) is 11.3. The Morgan fingerprint density at radius 3 is 2.76 bits per heavy atom. The lowest BCUT2D eigenvalue weighted by atomic mass is 10.1. The number of rotatable bonds is 3. The number of hydrazine groups is 1. The number of nitrogens with zero attached hydrogens (tertiary/aromatic N) is 3. The van der Waals surface area contributed by atoms with E-state index >= 15 is 0 Å². The average molecular weight is 287 g/mol. The van der Waals surface area contributed by atoms with Gasteiger partial charge in [-0.15, -0.1) is 0 Å². The van der Waals surface area contributed by atoms with Crippen LogP contribution in [0.25, 0.3) is 11.3 Å². The standard InChI is InChI=1S/C14H13N3O4/c1-16-13(18)6-7-17(16)11-5-3-2-4-9(11)10-8-12(14(19)20)21-15-10/h2-5,8H,6-7H2,1H3,(H,19,20). The van der Waals surface area contributed by atoms with Crippen LogP contribution in [0, 0.1) is 0 Å². The van der Waals surface area contributed by atoms with Crippen LogP contribution in [0.15, 0.2) is 34.9 Å². The number of carbonyl (C=O) groups is 2. The molecular formula is C14H13N3O4. The lowest BCUT2D eigenvalue weighted by molar-refractivity contribution is -0.126. The highest BCUT2D eigenvalue weighted by Gasteiger charge is 2.28. The molecule has 0 spiro atoms. The first-order valence-electron chi connectivity index (χ1n) is 6.41. The fourth-order valence-electron chi connectivity index (χ4n) is 2.35. The van der Waals surface area contributed by atoms with Crippen molar-refractivity contribution in [1.29, 1.82) is 0 Å². The Hall–Kier alpha value is -2.83. The van der Waals surface area contributed by atoms with Crippen LogP contribution in [0.2, 0.25) is 0 Å². The van der Waals surface area contributed by atoms with Gasteiger partial charge >= 0.3 is 5.97 Å². The van der Waals surface area contributed by atoms with Crippen molar-refractivity contribution in [3.05, 3.63) is 36.1 Å². The third-order valence-corrected chi connectivity index (χ3v) is 3.44. The molecule has 1 aliphatic heterocycles. The van der Waals surface area contributed by atoms with Gasteiger partial charge in [0.1, 0.15) is 5.69 Å². The Morgan fingerprint density at radius 1 is 1.38 bits per heavy atom.